The van der Waals surface area contributed by atoms with Crippen LogP contribution in [0.15, 0.2) is 52.3 Å². The van der Waals surface area contributed by atoms with E-state index in [1.165, 1.54) is 32.9 Å². The van der Waals surface area contributed by atoms with E-state index < -0.39 is 20.0 Å². The first kappa shape index (κ1) is 24.5. The molecule has 0 amide bonds. The van der Waals surface area contributed by atoms with Gasteiger partial charge < -0.3 is 9.47 Å². The Morgan fingerprint density at radius 1 is 0.800 bits per heavy atom. The van der Waals surface area contributed by atoms with Crippen LogP contribution in [0.2, 0.25) is 0 Å². The van der Waals surface area contributed by atoms with Crippen LogP contribution in [-0.2, 0) is 26.6 Å². The summed E-state index contributed by atoms with van der Waals surface area (Å²) in [5.74, 6) is 1.48. The van der Waals surface area contributed by atoms with Crippen molar-refractivity contribution in [3.05, 3.63) is 48.0 Å². The zero-order valence-electron chi connectivity index (χ0n) is 19.8. The van der Waals surface area contributed by atoms with Gasteiger partial charge in [-0.1, -0.05) is 12.5 Å². The summed E-state index contributed by atoms with van der Waals surface area (Å²) in [5.41, 5.74) is 1.09. The van der Waals surface area contributed by atoms with Crippen molar-refractivity contribution >= 4 is 20.0 Å². The van der Waals surface area contributed by atoms with Gasteiger partial charge in [-0.05, 0) is 61.7 Å². The number of rotatable bonds is 6. The van der Waals surface area contributed by atoms with E-state index in [0.717, 1.165) is 36.3 Å². The Hall–Kier alpha value is -2.18. The molecule has 1 atom stereocenters. The summed E-state index contributed by atoms with van der Waals surface area (Å²) in [6.45, 7) is 5.31. The Kier molecular flexibility index (Phi) is 6.79. The second-order valence-electron chi connectivity index (χ2n) is 9.30. The van der Waals surface area contributed by atoms with E-state index in [0.29, 0.717) is 39.3 Å². The molecule has 5 rings (SSSR count). The molecule has 0 radical (unpaired) electrons. The SMILES string of the molecule is C[C@H]1CCCCN1S(=O)(=O)c1ccc(S(=O)(=O)N2CCN(Cc3ccc4c(c3)OCO4)CC2)cc1. The van der Waals surface area contributed by atoms with Crippen LogP contribution >= 0.6 is 0 Å². The maximum absolute atomic E-state index is 13.2. The molecule has 35 heavy (non-hydrogen) atoms. The standard InChI is InChI=1S/C24H31N3O6S2/c1-19-4-2-3-11-27(19)35(30,31)22-8-6-21(7-9-22)34(28,29)26-14-12-25(13-15-26)17-20-5-10-23-24(16-20)33-18-32-23/h5-10,16,19H,2-4,11-15,17-18H2,1H3/t19-/m0/s1. The Morgan fingerprint density at radius 3 is 2.14 bits per heavy atom. The highest BCUT2D eigenvalue weighted by atomic mass is 32.2. The summed E-state index contributed by atoms with van der Waals surface area (Å²) in [5, 5.41) is 0. The molecule has 0 N–H and O–H groups in total. The summed E-state index contributed by atoms with van der Waals surface area (Å²) in [6.07, 6.45) is 2.71. The zero-order chi connectivity index (χ0) is 24.6. The van der Waals surface area contributed by atoms with Crippen LogP contribution in [0, 0.1) is 0 Å². The van der Waals surface area contributed by atoms with Crippen LogP contribution in [0.3, 0.4) is 0 Å². The summed E-state index contributed by atoms with van der Waals surface area (Å²) >= 11 is 0. The number of hydrogen-bond acceptors (Lipinski definition) is 7. The second-order valence-corrected chi connectivity index (χ2v) is 13.1. The molecule has 2 saturated heterocycles. The van der Waals surface area contributed by atoms with Gasteiger partial charge in [0, 0.05) is 45.3 Å². The molecule has 2 fully saturated rings. The van der Waals surface area contributed by atoms with Crippen LogP contribution in [0.5, 0.6) is 11.5 Å². The van der Waals surface area contributed by atoms with Crippen molar-refractivity contribution < 1.29 is 26.3 Å². The van der Waals surface area contributed by atoms with Crippen molar-refractivity contribution in [1.29, 1.82) is 0 Å². The minimum Gasteiger partial charge on any atom is -0.454 e. The molecule has 2 aromatic rings. The molecule has 0 unspecified atom stereocenters. The Morgan fingerprint density at radius 2 is 1.46 bits per heavy atom. The number of piperidine rings is 1. The van der Waals surface area contributed by atoms with Crippen molar-refractivity contribution in [1.82, 2.24) is 13.5 Å². The van der Waals surface area contributed by atoms with E-state index >= 15 is 0 Å². The highest BCUT2D eigenvalue weighted by molar-refractivity contribution is 7.89. The smallest absolute Gasteiger partial charge is 0.243 e. The second kappa shape index (κ2) is 9.70. The molecule has 0 spiro atoms. The fourth-order valence-corrected chi connectivity index (χ4v) is 8.04. The molecule has 11 heteroatoms. The fourth-order valence-electron chi connectivity index (χ4n) is 4.92. The van der Waals surface area contributed by atoms with Crippen LogP contribution < -0.4 is 9.47 Å². The van der Waals surface area contributed by atoms with Gasteiger partial charge in [-0.3, -0.25) is 4.90 Å². The molecule has 3 aliphatic rings. The van der Waals surface area contributed by atoms with Crippen molar-refractivity contribution in [2.45, 2.75) is 48.6 Å². The van der Waals surface area contributed by atoms with E-state index in [2.05, 4.69) is 4.90 Å². The van der Waals surface area contributed by atoms with Crippen LogP contribution in [0.25, 0.3) is 0 Å². The minimum absolute atomic E-state index is 0.0499. The van der Waals surface area contributed by atoms with Crippen LogP contribution in [0.4, 0.5) is 0 Å². The third kappa shape index (κ3) is 4.92. The van der Waals surface area contributed by atoms with Gasteiger partial charge >= 0.3 is 0 Å². The number of nitrogens with zero attached hydrogens (tertiary/aromatic N) is 3. The number of sulfonamides is 2. The lowest BCUT2D eigenvalue weighted by Gasteiger charge is -2.34. The Balaban J connectivity index is 1.22. The lowest BCUT2D eigenvalue weighted by Crippen LogP contribution is -2.48. The predicted molar refractivity (Wildman–Crippen MR) is 130 cm³/mol. The third-order valence-electron chi connectivity index (χ3n) is 6.98. The minimum atomic E-state index is -3.70. The van der Waals surface area contributed by atoms with Gasteiger partial charge in [0.05, 0.1) is 9.79 Å². The van der Waals surface area contributed by atoms with Crippen molar-refractivity contribution in [2.24, 2.45) is 0 Å². The molecule has 0 aliphatic carbocycles. The average Bonchev–Trinajstić information content (AvgIpc) is 3.33. The van der Waals surface area contributed by atoms with Crippen molar-refractivity contribution in [3.8, 4) is 11.5 Å². The largest absolute Gasteiger partial charge is 0.454 e. The van der Waals surface area contributed by atoms with Gasteiger partial charge in [-0.15, -0.1) is 0 Å². The van der Waals surface area contributed by atoms with Crippen molar-refractivity contribution in [2.75, 3.05) is 39.5 Å². The van der Waals surface area contributed by atoms with Gasteiger partial charge in [0.15, 0.2) is 11.5 Å². The molecule has 0 saturated carbocycles. The highest BCUT2D eigenvalue weighted by Crippen LogP contribution is 2.33. The van der Waals surface area contributed by atoms with Gasteiger partial charge in [0.25, 0.3) is 0 Å². The average molecular weight is 522 g/mol. The van der Waals surface area contributed by atoms with Crippen molar-refractivity contribution in [3.63, 3.8) is 0 Å². The molecule has 0 aromatic heterocycles. The fraction of sp³-hybridized carbons (Fsp3) is 0.500. The number of benzene rings is 2. The Labute approximate surface area is 207 Å². The first-order valence-electron chi connectivity index (χ1n) is 12.0. The number of ether oxygens (including phenoxy) is 2. The van der Waals surface area contributed by atoms with E-state index in [4.69, 9.17) is 9.47 Å². The molecule has 9 nitrogen and oxygen atoms in total. The summed E-state index contributed by atoms with van der Waals surface area (Å²) in [7, 11) is -7.34. The lowest BCUT2D eigenvalue weighted by molar-refractivity contribution is 0.173. The van der Waals surface area contributed by atoms with E-state index in [1.807, 2.05) is 25.1 Å². The summed E-state index contributed by atoms with van der Waals surface area (Å²) < 4.78 is 66.3. The predicted octanol–water partition coefficient (Wildman–Crippen LogP) is 2.48. The molecule has 3 aliphatic heterocycles. The number of piperazine rings is 1. The van der Waals surface area contributed by atoms with Gasteiger partial charge in [0.2, 0.25) is 26.8 Å². The third-order valence-corrected chi connectivity index (χ3v) is 10.9. The zero-order valence-corrected chi connectivity index (χ0v) is 21.4. The van der Waals surface area contributed by atoms with Crippen LogP contribution in [-0.4, -0.2) is 75.9 Å². The highest BCUT2D eigenvalue weighted by Gasteiger charge is 2.32. The molecule has 190 valence electrons. The van der Waals surface area contributed by atoms with E-state index in [-0.39, 0.29) is 22.6 Å². The summed E-state index contributed by atoms with van der Waals surface area (Å²) in [4.78, 5) is 2.46. The van der Waals surface area contributed by atoms with Gasteiger partial charge in [-0.2, -0.15) is 8.61 Å². The first-order valence-corrected chi connectivity index (χ1v) is 14.9. The summed E-state index contributed by atoms with van der Waals surface area (Å²) in [6, 6.07) is 11.5. The van der Waals surface area contributed by atoms with Gasteiger partial charge in [-0.25, -0.2) is 16.8 Å². The van der Waals surface area contributed by atoms with E-state index in [9.17, 15) is 16.8 Å². The first-order chi connectivity index (χ1) is 16.7. The number of hydrogen-bond donors (Lipinski definition) is 0. The Bertz CT molecular complexity index is 1270. The molecular formula is C24H31N3O6S2. The topological polar surface area (TPSA) is 96.5 Å². The number of fused-ring (bicyclic) bond motifs is 1. The van der Waals surface area contributed by atoms with Gasteiger partial charge in [0.1, 0.15) is 0 Å². The maximum atomic E-state index is 13.2. The monoisotopic (exact) mass is 521 g/mol. The quantitative estimate of drug-likeness (QED) is 0.576. The molecule has 3 heterocycles. The normalized spacial score (nSPS) is 22.4. The molecule has 0 bridgehead atoms. The maximum Gasteiger partial charge on any atom is 0.243 e. The van der Waals surface area contributed by atoms with Crippen LogP contribution in [0.1, 0.15) is 31.7 Å². The van der Waals surface area contributed by atoms with E-state index in [1.54, 1.807) is 0 Å². The lowest BCUT2D eigenvalue weighted by atomic mass is 10.1. The molecule has 2 aromatic carbocycles. The molecular weight excluding hydrogens is 490 g/mol.